The number of aryl methyl sites for hydroxylation is 2. The number of sulfonamides is 1. The van der Waals surface area contributed by atoms with Gasteiger partial charge in [-0.3, -0.25) is 4.72 Å². The normalized spacial score (nSPS) is 14.0. The minimum absolute atomic E-state index is 0.0826. The lowest BCUT2D eigenvalue weighted by Crippen LogP contribution is -2.16. The maximum atomic E-state index is 14.7. The average molecular weight is 462 g/mol. The highest BCUT2D eigenvalue weighted by Gasteiger charge is 2.24. The zero-order valence-corrected chi connectivity index (χ0v) is 17.9. The van der Waals surface area contributed by atoms with Gasteiger partial charge in [0, 0.05) is 19.0 Å². The number of aromatic nitrogens is 3. The number of fused-ring (bicyclic) bond motifs is 1. The fraction of sp³-hybridized carbons (Fsp3) is 0.286. The van der Waals surface area contributed by atoms with Crippen LogP contribution >= 0.6 is 0 Å². The Morgan fingerprint density at radius 2 is 1.88 bits per heavy atom. The van der Waals surface area contributed by atoms with Gasteiger partial charge in [-0.2, -0.15) is 0 Å². The number of anilines is 1. The number of benzene rings is 2. The second kappa shape index (κ2) is 8.30. The highest BCUT2D eigenvalue weighted by atomic mass is 32.2. The van der Waals surface area contributed by atoms with Crippen LogP contribution in [0.1, 0.15) is 41.0 Å². The Hall–Kier alpha value is -3.34. The van der Waals surface area contributed by atoms with Gasteiger partial charge in [-0.25, -0.2) is 22.0 Å². The molecule has 0 saturated carbocycles. The van der Waals surface area contributed by atoms with Crippen molar-refractivity contribution in [2.75, 3.05) is 4.72 Å². The first kappa shape index (κ1) is 21.9. The lowest BCUT2D eigenvalue weighted by atomic mass is 10.1. The number of hydrogen-bond acceptors (Lipinski definition) is 5. The molecule has 2 heterocycles. The molecule has 0 aliphatic carbocycles. The quantitative estimate of drug-likeness (QED) is 0.597. The highest BCUT2D eigenvalue weighted by molar-refractivity contribution is 7.92. The van der Waals surface area contributed by atoms with E-state index in [1.54, 1.807) is 4.57 Å². The van der Waals surface area contributed by atoms with Crippen LogP contribution in [-0.2, 0) is 23.0 Å². The molecular weight excluding hydrogens is 442 g/mol. The van der Waals surface area contributed by atoms with Gasteiger partial charge in [0.1, 0.15) is 17.5 Å². The van der Waals surface area contributed by atoms with Gasteiger partial charge >= 0.3 is 5.97 Å². The summed E-state index contributed by atoms with van der Waals surface area (Å²) in [5.74, 6) is -2.41. The second-order valence-corrected chi connectivity index (χ2v) is 9.26. The van der Waals surface area contributed by atoms with Crippen molar-refractivity contribution in [3.05, 3.63) is 58.9 Å². The monoisotopic (exact) mass is 462 g/mol. The molecule has 0 atom stereocenters. The number of hydrogen-bond donors (Lipinski definition) is 2. The Balaban J connectivity index is 1.76. The summed E-state index contributed by atoms with van der Waals surface area (Å²) in [4.78, 5) is 10.9. The fourth-order valence-electron chi connectivity index (χ4n) is 3.71. The molecule has 0 spiro atoms. The van der Waals surface area contributed by atoms with E-state index in [0.29, 0.717) is 24.9 Å². The Kier molecular flexibility index (Phi) is 5.68. The molecule has 4 rings (SSSR count). The van der Waals surface area contributed by atoms with Crippen LogP contribution in [0.15, 0.2) is 35.2 Å². The largest absolute Gasteiger partial charge is 0.478 e. The minimum atomic E-state index is -4.36. The van der Waals surface area contributed by atoms with E-state index in [1.807, 2.05) is 0 Å². The lowest BCUT2D eigenvalue weighted by molar-refractivity contribution is 0.0696. The Morgan fingerprint density at radius 1 is 1.09 bits per heavy atom. The van der Waals surface area contributed by atoms with Gasteiger partial charge in [-0.05, 0) is 43.5 Å². The summed E-state index contributed by atoms with van der Waals surface area (Å²) in [6.45, 7) is 2.06. The topological polar surface area (TPSA) is 114 Å². The number of nitrogens with zero attached hydrogens (tertiary/aromatic N) is 3. The molecule has 8 nitrogen and oxygen atoms in total. The maximum Gasteiger partial charge on any atom is 0.335 e. The van der Waals surface area contributed by atoms with Gasteiger partial charge in [0.05, 0.1) is 21.7 Å². The van der Waals surface area contributed by atoms with Crippen LogP contribution < -0.4 is 4.72 Å². The van der Waals surface area contributed by atoms with E-state index in [1.165, 1.54) is 19.1 Å². The molecule has 168 valence electrons. The van der Waals surface area contributed by atoms with Crippen molar-refractivity contribution in [3.8, 4) is 11.4 Å². The molecule has 1 aromatic heterocycles. The molecule has 0 radical (unpaired) electrons. The molecule has 1 aliphatic heterocycles. The number of rotatable bonds is 5. The van der Waals surface area contributed by atoms with Crippen molar-refractivity contribution in [1.29, 1.82) is 0 Å². The predicted octanol–water partition coefficient (Wildman–Crippen LogP) is 3.76. The van der Waals surface area contributed by atoms with E-state index in [4.69, 9.17) is 5.11 Å². The van der Waals surface area contributed by atoms with Crippen LogP contribution in [0.5, 0.6) is 0 Å². The van der Waals surface area contributed by atoms with Crippen molar-refractivity contribution in [2.45, 2.75) is 44.0 Å². The van der Waals surface area contributed by atoms with Crippen molar-refractivity contribution in [1.82, 2.24) is 14.8 Å². The van der Waals surface area contributed by atoms with E-state index >= 15 is 0 Å². The molecule has 11 heteroatoms. The molecule has 0 saturated heterocycles. The van der Waals surface area contributed by atoms with Gasteiger partial charge < -0.3 is 9.67 Å². The van der Waals surface area contributed by atoms with Crippen molar-refractivity contribution in [3.63, 3.8) is 0 Å². The van der Waals surface area contributed by atoms with Crippen LogP contribution in [-0.4, -0.2) is 34.3 Å². The highest BCUT2D eigenvalue weighted by Crippen LogP contribution is 2.31. The standard InChI is InChI=1S/C21H20F2N4O4S/c1-12-6-7-13(21(28)29)9-18(12)32(30,31)26-17-10-14(15(22)11-16(17)23)20-25-24-19-5-3-2-4-8-27(19)20/h6-7,9-11,26H,2-5,8H2,1H3,(H,28,29). The summed E-state index contributed by atoms with van der Waals surface area (Å²) in [6.07, 6.45) is 3.48. The second-order valence-electron chi connectivity index (χ2n) is 7.60. The SMILES string of the molecule is Cc1ccc(C(=O)O)cc1S(=O)(=O)Nc1cc(-c2nnc3n2CCCCC3)c(F)cc1F. The zero-order chi connectivity index (χ0) is 23.0. The molecule has 0 fully saturated rings. The first-order chi connectivity index (χ1) is 15.2. The summed E-state index contributed by atoms with van der Waals surface area (Å²) < 4.78 is 58.9. The number of halogens is 2. The molecule has 2 aromatic carbocycles. The van der Waals surface area contributed by atoms with E-state index in [-0.39, 0.29) is 27.4 Å². The van der Waals surface area contributed by atoms with Gasteiger partial charge in [0.25, 0.3) is 10.0 Å². The number of carboxylic acid groups (broad SMARTS) is 1. The third kappa shape index (κ3) is 4.07. The van der Waals surface area contributed by atoms with Gasteiger partial charge in [0.15, 0.2) is 5.82 Å². The number of aromatic carboxylic acids is 1. The molecule has 32 heavy (non-hydrogen) atoms. The number of nitrogens with one attached hydrogen (secondary N) is 1. The van der Waals surface area contributed by atoms with Crippen molar-refractivity contribution in [2.24, 2.45) is 0 Å². The van der Waals surface area contributed by atoms with Gasteiger partial charge in [-0.1, -0.05) is 12.5 Å². The summed E-state index contributed by atoms with van der Waals surface area (Å²) in [7, 11) is -4.36. The Morgan fingerprint density at radius 3 is 2.62 bits per heavy atom. The van der Waals surface area contributed by atoms with E-state index < -0.39 is 33.3 Å². The van der Waals surface area contributed by atoms with E-state index in [9.17, 15) is 22.0 Å². The molecule has 0 bridgehead atoms. The van der Waals surface area contributed by atoms with E-state index in [2.05, 4.69) is 14.9 Å². The van der Waals surface area contributed by atoms with Crippen molar-refractivity contribution >= 4 is 21.7 Å². The fourth-order valence-corrected chi connectivity index (χ4v) is 5.04. The summed E-state index contributed by atoms with van der Waals surface area (Å²) in [5.41, 5.74) is -0.524. The average Bonchev–Trinajstić information content (AvgIpc) is 2.97. The summed E-state index contributed by atoms with van der Waals surface area (Å²) >= 11 is 0. The molecule has 2 N–H and O–H groups in total. The summed E-state index contributed by atoms with van der Waals surface area (Å²) in [6, 6.07) is 5.23. The molecule has 1 aliphatic rings. The minimum Gasteiger partial charge on any atom is -0.478 e. The summed E-state index contributed by atoms with van der Waals surface area (Å²) in [5, 5.41) is 17.3. The van der Waals surface area contributed by atoms with Crippen LogP contribution in [0.3, 0.4) is 0 Å². The lowest BCUT2D eigenvalue weighted by Gasteiger charge is -2.14. The zero-order valence-electron chi connectivity index (χ0n) is 17.1. The number of carbonyl (C=O) groups is 1. The first-order valence-corrected chi connectivity index (χ1v) is 11.4. The molecule has 3 aromatic rings. The van der Waals surface area contributed by atoms with Crippen molar-refractivity contribution < 1.29 is 27.1 Å². The first-order valence-electron chi connectivity index (χ1n) is 9.95. The smallest absolute Gasteiger partial charge is 0.335 e. The Labute approximate surface area is 183 Å². The van der Waals surface area contributed by atoms with Crippen LogP contribution in [0.25, 0.3) is 11.4 Å². The number of carboxylic acids is 1. The van der Waals surface area contributed by atoms with Crippen LogP contribution in [0.2, 0.25) is 0 Å². The van der Waals surface area contributed by atoms with Gasteiger partial charge in [-0.15, -0.1) is 10.2 Å². The third-order valence-electron chi connectivity index (χ3n) is 5.38. The molecular formula is C21H20F2N4O4S. The van der Waals surface area contributed by atoms with Crippen LogP contribution in [0, 0.1) is 18.6 Å². The Bertz CT molecular complexity index is 1320. The van der Waals surface area contributed by atoms with Gasteiger partial charge in [0.2, 0.25) is 0 Å². The van der Waals surface area contributed by atoms with E-state index in [0.717, 1.165) is 31.4 Å². The third-order valence-corrected chi connectivity index (χ3v) is 6.88. The van der Waals surface area contributed by atoms with Crippen LogP contribution in [0.4, 0.5) is 14.5 Å². The molecule has 0 unspecified atom stereocenters. The molecule has 0 amide bonds. The predicted molar refractivity (Wildman–Crippen MR) is 112 cm³/mol. The maximum absolute atomic E-state index is 14.7.